The van der Waals surface area contributed by atoms with Crippen LogP contribution in [-0.2, 0) is 19.2 Å². The molecular weight excluding hydrogens is 608 g/mol. The Hall–Kier alpha value is -5.24. The van der Waals surface area contributed by atoms with Gasteiger partial charge in [0, 0.05) is 0 Å². The Morgan fingerprint density at radius 1 is 0.312 bits per heavy atom. The van der Waals surface area contributed by atoms with Gasteiger partial charge in [-0.25, -0.2) is 0 Å². The van der Waals surface area contributed by atoms with E-state index >= 15 is 0 Å². The van der Waals surface area contributed by atoms with Crippen molar-refractivity contribution in [1.82, 2.24) is 0 Å². The first-order valence-electron chi connectivity index (χ1n) is 16.5. The lowest BCUT2D eigenvalue weighted by molar-refractivity contribution is -0.145. The Balaban J connectivity index is 0.000000188. The first-order chi connectivity index (χ1) is 23.4. The second kappa shape index (κ2) is 17.6. The first-order valence-corrected chi connectivity index (χ1v) is 16.5. The van der Waals surface area contributed by atoms with E-state index in [-0.39, 0.29) is 47.5 Å². The molecule has 2 aliphatic carbocycles. The highest BCUT2D eigenvalue weighted by Crippen LogP contribution is 2.32. The molecule has 2 aliphatic rings. The van der Waals surface area contributed by atoms with E-state index in [1.165, 1.54) is 0 Å². The average molecular weight is 649 g/mol. The number of rotatable bonds is 8. The van der Waals surface area contributed by atoms with E-state index in [1.54, 1.807) is 48.5 Å². The third kappa shape index (κ3) is 10.4. The third-order valence-corrected chi connectivity index (χ3v) is 8.63. The monoisotopic (exact) mass is 648 g/mol. The Morgan fingerprint density at radius 3 is 0.646 bits per heavy atom. The topological polar surface area (TPSA) is 105 Å². The maximum absolute atomic E-state index is 12.2. The van der Waals surface area contributed by atoms with Gasteiger partial charge in [-0.2, -0.15) is 0 Å². The number of benzene rings is 4. The minimum absolute atomic E-state index is 0.147. The molecule has 0 radical (unpaired) electrons. The van der Waals surface area contributed by atoms with Crippen LogP contribution < -0.4 is 18.9 Å². The fourth-order valence-corrected chi connectivity index (χ4v) is 5.88. The molecule has 0 heterocycles. The SMILES string of the molecule is O=C(Oc1ccccc1)C1CCC(C(=O)Oc2ccccc2)CC1.O=C(Oc1ccccc1)C1CCC(C(=O)Oc2ccccc2)CC1. The fraction of sp³-hybridized carbons (Fsp3) is 0.300. The van der Waals surface area contributed by atoms with Crippen LogP contribution in [0.1, 0.15) is 51.4 Å². The minimum Gasteiger partial charge on any atom is -0.426 e. The van der Waals surface area contributed by atoms with E-state index in [0.717, 1.165) is 0 Å². The summed E-state index contributed by atoms with van der Waals surface area (Å²) < 4.78 is 21.6. The standard InChI is InChI=1S/2C20H20O4/c2*21-19(23-17-7-3-1-4-8-17)15-11-13-16(14-12-15)20(22)24-18-9-5-2-6-10-18/h2*1-10,15-16H,11-14H2. The Labute approximate surface area is 281 Å². The van der Waals surface area contributed by atoms with Crippen LogP contribution in [0.25, 0.3) is 0 Å². The Bertz CT molecular complexity index is 1350. The lowest BCUT2D eigenvalue weighted by atomic mass is 9.82. The predicted octanol–water partition coefficient (Wildman–Crippen LogP) is 8.01. The molecule has 0 atom stereocenters. The first kappa shape index (κ1) is 34.1. The van der Waals surface area contributed by atoms with Gasteiger partial charge in [0.2, 0.25) is 0 Å². The molecule has 0 spiro atoms. The predicted molar refractivity (Wildman–Crippen MR) is 179 cm³/mol. The quantitative estimate of drug-likeness (QED) is 0.140. The zero-order valence-corrected chi connectivity index (χ0v) is 26.8. The van der Waals surface area contributed by atoms with Crippen LogP contribution in [0, 0.1) is 23.7 Å². The van der Waals surface area contributed by atoms with Gasteiger partial charge in [0.1, 0.15) is 23.0 Å². The van der Waals surface area contributed by atoms with Crippen LogP contribution in [0.4, 0.5) is 0 Å². The fourth-order valence-electron chi connectivity index (χ4n) is 5.88. The second-order valence-electron chi connectivity index (χ2n) is 12.0. The van der Waals surface area contributed by atoms with Gasteiger partial charge in [0.05, 0.1) is 23.7 Å². The van der Waals surface area contributed by atoms with Crippen LogP contribution in [0.5, 0.6) is 23.0 Å². The summed E-state index contributed by atoms with van der Waals surface area (Å²) in [5.41, 5.74) is 0. The average Bonchev–Trinajstić information content (AvgIpc) is 3.14. The molecule has 4 aromatic rings. The highest BCUT2D eigenvalue weighted by atomic mass is 16.5. The van der Waals surface area contributed by atoms with E-state index in [2.05, 4.69) is 0 Å². The largest absolute Gasteiger partial charge is 0.426 e. The number of carbonyl (C=O) groups excluding carboxylic acids is 4. The summed E-state index contributed by atoms with van der Waals surface area (Å²) in [6.45, 7) is 0. The molecule has 0 saturated heterocycles. The lowest BCUT2D eigenvalue weighted by Crippen LogP contribution is -2.30. The van der Waals surface area contributed by atoms with Crippen molar-refractivity contribution in [3.63, 3.8) is 0 Å². The van der Waals surface area contributed by atoms with Crippen molar-refractivity contribution in [2.75, 3.05) is 0 Å². The molecule has 0 amide bonds. The van der Waals surface area contributed by atoms with E-state index < -0.39 is 0 Å². The molecule has 8 nitrogen and oxygen atoms in total. The van der Waals surface area contributed by atoms with Crippen molar-refractivity contribution in [3.8, 4) is 23.0 Å². The van der Waals surface area contributed by atoms with Crippen molar-refractivity contribution in [2.24, 2.45) is 23.7 Å². The van der Waals surface area contributed by atoms with Crippen molar-refractivity contribution in [1.29, 1.82) is 0 Å². The molecule has 4 aromatic carbocycles. The smallest absolute Gasteiger partial charge is 0.314 e. The van der Waals surface area contributed by atoms with Gasteiger partial charge in [-0.05, 0) is 99.9 Å². The van der Waals surface area contributed by atoms with Gasteiger partial charge in [-0.3, -0.25) is 19.2 Å². The summed E-state index contributed by atoms with van der Waals surface area (Å²) in [4.78, 5) is 48.8. The number of para-hydroxylation sites is 4. The molecule has 0 N–H and O–H groups in total. The molecule has 2 saturated carbocycles. The van der Waals surface area contributed by atoms with Crippen molar-refractivity contribution < 1.29 is 38.1 Å². The molecule has 0 unspecified atom stereocenters. The molecule has 248 valence electrons. The van der Waals surface area contributed by atoms with Gasteiger partial charge in [0.25, 0.3) is 0 Å². The number of esters is 4. The van der Waals surface area contributed by atoms with Crippen LogP contribution in [0.3, 0.4) is 0 Å². The van der Waals surface area contributed by atoms with E-state index in [0.29, 0.717) is 74.4 Å². The molecule has 2 fully saturated rings. The maximum atomic E-state index is 12.2. The molecule has 6 rings (SSSR count). The van der Waals surface area contributed by atoms with Crippen molar-refractivity contribution in [2.45, 2.75) is 51.4 Å². The van der Waals surface area contributed by atoms with Crippen LogP contribution in [-0.4, -0.2) is 23.9 Å². The Kier molecular flexibility index (Phi) is 12.5. The van der Waals surface area contributed by atoms with Crippen LogP contribution >= 0.6 is 0 Å². The van der Waals surface area contributed by atoms with Crippen molar-refractivity contribution >= 4 is 23.9 Å². The Morgan fingerprint density at radius 2 is 0.479 bits per heavy atom. The summed E-state index contributed by atoms with van der Waals surface area (Å²) in [6, 6.07) is 36.3. The summed E-state index contributed by atoms with van der Waals surface area (Å²) in [5.74, 6) is 0.815. The van der Waals surface area contributed by atoms with Gasteiger partial charge in [-0.1, -0.05) is 72.8 Å². The number of carbonyl (C=O) groups is 4. The summed E-state index contributed by atoms with van der Waals surface area (Å²) in [6.07, 6.45) is 5.22. The molecule has 0 aliphatic heterocycles. The minimum atomic E-state index is -0.212. The maximum Gasteiger partial charge on any atom is 0.314 e. The number of hydrogen-bond acceptors (Lipinski definition) is 8. The van der Waals surface area contributed by atoms with Gasteiger partial charge >= 0.3 is 23.9 Å². The van der Waals surface area contributed by atoms with E-state index in [1.807, 2.05) is 72.8 Å². The summed E-state index contributed by atoms with van der Waals surface area (Å²) >= 11 is 0. The second-order valence-corrected chi connectivity index (χ2v) is 12.0. The summed E-state index contributed by atoms with van der Waals surface area (Å²) in [7, 11) is 0. The zero-order valence-electron chi connectivity index (χ0n) is 26.8. The van der Waals surface area contributed by atoms with Gasteiger partial charge < -0.3 is 18.9 Å². The third-order valence-electron chi connectivity index (χ3n) is 8.63. The number of hydrogen-bond donors (Lipinski definition) is 0. The zero-order chi connectivity index (χ0) is 33.6. The highest BCUT2D eigenvalue weighted by molar-refractivity contribution is 5.78. The van der Waals surface area contributed by atoms with E-state index in [9.17, 15) is 19.2 Å². The van der Waals surface area contributed by atoms with E-state index in [4.69, 9.17) is 18.9 Å². The molecule has 48 heavy (non-hydrogen) atoms. The molecule has 8 heteroatoms. The van der Waals surface area contributed by atoms with Gasteiger partial charge in [-0.15, -0.1) is 0 Å². The highest BCUT2D eigenvalue weighted by Gasteiger charge is 2.33. The van der Waals surface area contributed by atoms with Crippen molar-refractivity contribution in [3.05, 3.63) is 121 Å². The lowest BCUT2D eigenvalue weighted by Gasteiger charge is -2.25. The molecule has 0 bridgehead atoms. The van der Waals surface area contributed by atoms with Gasteiger partial charge in [0.15, 0.2) is 0 Å². The molecule has 0 aromatic heterocycles. The number of ether oxygens (including phenoxy) is 4. The summed E-state index contributed by atoms with van der Waals surface area (Å²) in [5, 5.41) is 0. The normalized spacial score (nSPS) is 20.2. The van der Waals surface area contributed by atoms with Crippen LogP contribution in [0.15, 0.2) is 121 Å². The van der Waals surface area contributed by atoms with Crippen LogP contribution in [0.2, 0.25) is 0 Å². The molecular formula is C40H40O8.